The third-order valence-corrected chi connectivity index (χ3v) is 6.28. The van der Waals surface area contributed by atoms with Crippen molar-refractivity contribution in [3.05, 3.63) is 70.5 Å². The molecule has 0 aliphatic carbocycles. The van der Waals surface area contributed by atoms with Gasteiger partial charge >= 0.3 is 0 Å². The number of aryl methyl sites for hydroxylation is 1. The predicted octanol–water partition coefficient (Wildman–Crippen LogP) is 4.81. The number of anilines is 2. The smallest absolute Gasteiger partial charge is 0.234 e. The Labute approximate surface area is 176 Å². The molecule has 0 spiro atoms. The van der Waals surface area contributed by atoms with Gasteiger partial charge < -0.3 is 10.6 Å². The summed E-state index contributed by atoms with van der Waals surface area (Å²) in [6.07, 6.45) is 0.173. The van der Waals surface area contributed by atoms with Gasteiger partial charge in [0.25, 0.3) is 0 Å². The highest BCUT2D eigenvalue weighted by Gasteiger charge is 2.11. The number of carbonyl (C=O) groups is 2. The van der Waals surface area contributed by atoms with Crippen molar-refractivity contribution >= 4 is 46.3 Å². The highest BCUT2D eigenvalue weighted by molar-refractivity contribution is 8.01. The van der Waals surface area contributed by atoms with Crippen molar-refractivity contribution in [3.63, 3.8) is 0 Å². The maximum Gasteiger partial charge on any atom is 0.234 e. The highest BCUT2D eigenvalue weighted by Crippen LogP contribution is 2.24. The number of halogens is 1. The SMILES string of the molecule is Cc1cccc(NC(=O)Cc2csc(SCC(=O)Nc3ccc(F)cc3)n2)c1C. The van der Waals surface area contributed by atoms with Crippen LogP contribution in [-0.2, 0) is 16.0 Å². The fraction of sp³-hybridized carbons (Fsp3) is 0.190. The molecule has 2 amide bonds. The summed E-state index contributed by atoms with van der Waals surface area (Å²) in [4.78, 5) is 28.7. The number of nitrogens with one attached hydrogen (secondary N) is 2. The van der Waals surface area contributed by atoms with Crippen molar-refractivity contribution in [3.8, 4) is 0 Å². The molecule has 0 unspecified atom stereocenters. The van der Waals surface area contributed by atoms with Crippen LogP contribution in [-0.4, -0.2) is 22.6 Å². The van der Waals surface area contributed by atoms with Gasteiger partial charge in [-0.15, -0.1) is 11.3 Å². The Morgan fingerprint density at radius 3 is 2.59 bits per heavy atom. The molecule has 150 valence electrons. The summed E-state index contributed by atoms with van der Waals surface area (Å²) in [7, 11) is 0. The van der Waals surface area contributed by atoms with Gasteiger partial charge in [0.1, 0.15) is 5.82 Å². The Morgan fingerprint density at radius 2 is 1.83 bits per heavy atom. The average Bonchev–Trinajstić information content (AvgIpc) is 3.13. The zero-order valence-corrected chi connectivity index (χ0v) is 17.6. The molecule has 3 aromatic rings. The van der Waals surface area contributed by atoms with Crippen molar-refractivity contribution in [2.75, 3.05) is 16.4 Å². The van der Waals surface area contributed by atoms with Crippen molar-refractivity contribution < 1.29 is 14.0 Å². The summed E-state index contributed by atoms with van der Waals surface area (Å²) in [6, 6.07) is 11.4. The molecule has 0 radical (unpaired) electrons. The lowest BCUT2D eigenvalue weighted by Crippen LogP contribution is -2.15. The first-order valence-corrected chi connectivity index (χ1v) is 10.8. The molecule has 0 aliphatic heterocycles. The number of hydrogen-bond donors (Lipinski definition) is 2. The monoisotopic (exact) mass is 429 g/mol. The van der Waals surface area contributed by atoms with E-state index >= 15 is 0 Å². The second kappa shape index (κ2) is 9.67. The summed E-state index contributed by atoms with van der Waals surface area (Å²) < 4.78 is 13.6. The lowest BCUT2D eigenvalue weighted by Gasteiger charge is -2.09. The lowest BCUT2D eigenvalue weighted by molar-refractivity contribution is -0.116. The zero-order valence-electron chi connectivity index (χ0n) is 16.0. The minimum atomic E-state index is -0.353. The van der Waals surface area contributed by atoms with E-state index in [2.05, 4.69) is 15.6 Å². The molecule has 1 heterocycles. The zero-order chi connectivity index (χ0) is 20.8. The van der Waals surface area contributed by atoms with Gasteiger partial charge in [0.05, 0.1) is 17.9 Å². The van der Waals surface area contributed by atoms with Crippen LogP contribution < -0.4 is 10.6 Å². The van der Waals surface area contributed by atoms with E-state index in [9.17, 15) is 14.0 Å². The first-order chi connectivity index (χ1) is 13.9. The van der Waals surface area contributed by atoms with Gasteiger partial charge in [-0.1, -0.05) is 23.9 Å². The van der Waals surface area contributed by atoms with Crippen molar-refractivity contribution in [1.29, 1.82) is 0 Å². The fourth-order valence-corrected chi connectivity index (χ4v) is 4.18. The Kier molecular flexibility index (Phi) is 7.00. The molecule has 0 bridgehead atoms. The molecule has 0 saturated heterocycles. The largest absolute Gasteiger partial charge is 0.325 e. The van der Waals surface area contributed by atoms with Crippen LogP contribution in [0.25, 0.3) is 0 Å². The number of aromatic nitrogens is 1. The maximum absolute atomic E-state index is 12.9. The summed E-state index contributed by atoms with van der Waals surface area (Å²) >= 11 is 2.69. The number of rotatable bonds is 7. The van der Waals surface area contributed by atoms with E-state index in [-0.39, 0.29) is 29.8 Å². The number of carbonyl (C=O) groups excluding carboxylic acids is 2. The topological polar surface area (TPSA) is 71.1 Å². The van der Waals surface area contributed by atoms with E-state index in [1.807, 2.05) is 37.4 Å². The molecule has 1 aromatic heterocycles. The van der Waals surface area contributed by atoms with Gasteiger partial charge in [-0.3, -0.25) is 9.59 Å². The Hall–Kier alpha value is -2.71. The van der Waals surface area contributed by atoms with Crippen LogP contribution in [0, 0.1) is 19.7 Å². The average molecular weight is 430 g/mol. The normalized spacial score (nSPS) is 10.6. The summed E-state index contributed by atoms with van der Waals surface area (Å²) in [5.74, 6) is -0.506. The fourth-order valence-electron chi connectivity index (χ4n) is 2.54. The Morgan fingerprint density at radius 1 is 1.07 bits per heavy atom. The van der Waals surface area contributed by atoms with Gasteiger partial charge in [-0.05, 0) is 55.3 Å². The maximum atomic E-state index is 12.9. The molecule has 2 N–H and O–H groups in total. The first-order valence-electron chi connectivity index (χ1n) is 8.89. The van der Waals surface area contributed by atoms with Crippen molar-refractivity contribution in [2.45, 2.75) is 24.6 Å². The van der Waals surface area contributed by atoms with Gasteiger partial charge in [-0.25, -0.2) is 9.37 Å². The van der Waals surface area contributed by atoms with Crippen LogP contribution in [0.15, 0.2) is 52.2 Å². The molecule has 5 nitrogen and oxygen atoms in total. The molecule has 29 heavy (non-hydrogen) atoms. The molecule has 8 heteroatoms. The standard InChI is InChI=1S/C21H20FN3O2S2/c1-13-4-3-5-18(14(13)2)25-19(26)10-17-11-28-21(24-17)29-12-20(27)23-16-8-6-15(22)7-9-16/h3-9,11H,10,12H2,1-2H3,(H,23,27)(H,25,26). The number of thioether (sulfide) groups is 1. The van der Waals surface area contributed by atoms with Crippen LogP contribution in [0.5, 0.6) is 0 Å². The van der Waals surface area contributed by atoms with Gasteiger partial charge in [0.15, 0.2) is 4.34 Å². The summed E-state index contributed by atoms with van der Waals surface area (Å²) in [5.41, 5.74) is 4.17. The summed E-state index contributed by atoms with van der Waals surface area (Å²) in [6.45, 7) is 3.97. The van der Waals surface area contributed by atoms with E-state index < -0.39 is 0 Å². The Balaban J connectivity index is 1.48. The molecule has 0 saturated carbocycles. The number of nitrogens with zero attached hydrogens (tertiary/aromatic N) is 1. The Bertz CT molecular complexity index is 1020. The number of amides is 2. The van der Waals surface area contributed by atoms with Crippen molar-refractivity contribution in [1.82, 2.24) is 4.98 Å². The third kappa shape index (κ3) is 6.13. The molecular weight excluding hydrogens is 409 g/mol. The molecular formula is C21H20FN3O2S2. The number of benzene rings is 2. The molecule has 2 aromatic carbocycles. The van der Waals surface area contributed by atoms with Crippen LogP contribution in [0.1, 0.15) is 16.8 Å². The third-order valence-electron chi connectivity index (χ3n) is 4.21. The van der Waals surface area contributed by atoms with E-state index in [1.54, 1.807) is 0 Å². The number of thiazole rings is 1. The van der Waals surface area contributed by atoms with E-state index in [4.69, 9.17) is 0 Å². The summed E-state index contributed by atoms with van der Waals surface area (Å²) in [5, 5.41) is 7.44. The van der Waals surface area contributed by atoms with E-state index in [0.717, 1.165) is 16.8 Å². The van der Waals surface area contributed by atoms with E-state index in [0.29, 0.717) is 15.7 Å². The molecule has 3 rings (SSSR count). The number of hydrogen-bond acceptors (Lipinski definition) is 5. The second-order valence-corrected chi connectivity index (χ2v) is 8.50. The van der Waals surface area contributed by atoms with Gasteiger partial charge in [0, 0.05) is 16.8 Å². The van der Waals surface area contributed by atoms with Crippen LogP contribution in [0.4, 0.5) is 15.8 Å². The van der Waals surface area contributed by atoms with Crippen LogP contribution >= 0.6 is 23.1 Å². The van der Waals surface area contributed by atoms with Crippen LogP contribution in [0.3, 0.4) is 0 Å². The van der Waals surface area contributed by atoms with Crippen LogP contribution in [0.2, 0.25) is 0 Å². The predicted molar refractivity (Wildman–Crippen MR) is 116 cm³/mol. The molecule has 0 atom stereocenters. The minimum Gasteiger partial charge on any atom is -0.325 e. The second-order valence-electron chi connectivity index (χ2n) is 6.42. The molecule has 0 fully saturated rings. The molecule has 0 aliphatic rings. The van der Waals surface area contributed by atoms with Gasteiger partial charge in [0.2, 0.25) is 11.8 Å². The lowest BCUT2D eigenvalue weighted by atomic mass is 10.1. The quantitative estimate of drug-likeness (QED) is 0.529. The van der Waals surface area contributed by atoms with Crippen molar-refractivity contribution in [2.24, 2.45) is 0 Å². The van der Waals surface area contributed by atoms with Gasteiger partial charge in [-0.2, -0.15) is 0 Å². The highest BCUT2D eigenvalue weighted by atomic mass is 32.2. The van der Waals surface area contributed by atoms with E-state index in [1.165, 1.54) is 47.4 Å². The minimum absolute atomic E-state index is 0.130. The first kappa shape index (κ1) is 21.0.